The van der Waals surface area contributed by atoms with Crippen molar-refractivity contribution in [2.75, 3.05) is 5.32 Å². The van der Waals surface area contributed by atoms with Crippen LogP contribution >= 0.6 is 0 Å². The third-order valence-corrected chi connectivity index (χ3v) is 2.77. The van der Waals surface area contributed by atoms with Crippen molar-refractivity contribution >= 4 is 11.6 Å². The largest absolute Gasteiger partial charge is 0.378 e. The van der Waals surface area contributed by atoms with Gasteiger partial charge in [0.2, 0.25) is 5.91 Å². The fourth-order valence-corrected chi connectivity index (χ4v) is 1.62. The van der Waals surface area contributed by atoms with Crippen LogP contribution in [-0.2, 0) is 24.9 Å². The first-order valence-corrected chi connectivity index (χ1v) is 5.58. The number of rotatable bonds is 5. The summed E-state index contributed by atoms with van der Waals surface area (Å²) in [6, 6.07) is 0. The molecule has 0 saturated heterocycles. The summed E-state index contributed by atoms with van der Waals surface area (Å²) in [6.07, 6.45) is 5.24. The summed E-state index contributed by atoms with van der Waals surface area (Å²) in [6.45, 7) is 2.77. The number of carbonyl (C=O) groups is 1. The van der Waals surface area contributed by atoms with Crippen LogP contribution in [0.5, 0.6) is 0 Å². The van der Waals surface area contributed by atoms with Gasteiger partial charge in [-0.3, -0.25) is 14.2 Å². The van der Waals surface area contributed by atoms with Crippen molar-refractivity contribution in [1.29, 1.82) is 0 Å². The van der Waals surface area contributed by atoms with Crippen molar-refractivity contribution in [3.8, 4) is 0 Å². The smallest absolute Gasteiger partial charge is 0.239 e. The molecule has 1 amide bonds. The van der Waals surface area contributed by atoms with Crippen LogP contribution in [0.2, 0.25) is 0 Å². The van der Waals surface area contributed by atoms with Crippen LogP contribution in [0, 0.1) is 6.92 Å². The monoisotopic (exact) mass is 248 g/mol. The highest BCUT2D eigenvalue weighted by Gasteiger charge is 2.05. The molecular weight excluding hydrogens is 232 g/mol. The molecule has 3 N–H and O–H groups in total. The molecule has 7 nitrogen and oxygen atoms in total. The zero-order valence-electron chi connectivity index (χ0n) is 10.4. The number of nitrogens with one attached hydrogen (secondary N) is 1. The molecular formula is C11H16N6O. The van der Waals surface area contributed by atoms with E-state index >= 15 is 0 Å². The molecule has 0 unspecified atom stereocenters. The Hall–Kier alpha value is -2.31. The van der Waals surface area contributed by atoms with Gasteiger partial charge in [0, 0.05) is 31.0 Å². The first kappa shape index (κ1) is 12.2. The molecule has 96 valence electrons. The van der Waals surface area contributed by atoms with E-state index in [1.54, 1.807) is 12.4 Å². The van der Waals surface area contributed by atoms with E-state index < -0.39 is 5.91 Å². The number of carbonyl (C=O) groups excluding carboxylic acids is 1. The zero-order valence-corrected chi connectivity index (χ0v) is 10.4. The molecule has 7 heteroatoms. The SMILES string of the molecule is Cc1c(CNc2cnn(CC(N)=O)c2)cnn1C. The predicted molar refractivity (Wildman–Crippen MR) is 66.7 cm³/mol. The van der Waals surface area contributed by atoms with Gasteiger partial charge < -0.3 is 11.1 Å². The highest BCUT2D eigenvalue weighted by molar-refractivity contribution is 5.73. The van der Waals surface area contributed by atoms with E-state index in [0.717, 1.165) is 16.9 Å². The summed E-state index contributed by atoms with van der Waals surface area (Å²) in [5.74, 6) is -0.409. The molecule has 0 spiro atoms. The molecule has 0 fully saturated rings. The fourth-order valence-electron chi connectivity index (χ4n) is 1.62. The lowest BCUT2D eigenvalue weighted by Gasteiger charge is -2.02. The van der Waals surface area contributed by atoms with E-state index in [-0.39, 0.29) is 6.54 Å². The number of hydrogen-bond acceptors (Lipinski definition) is 4. The number of nitrogens with two attached hydrogens (primary N) is 1. The van der Waals surface area contributed by atoms with Gasteiger partial charge in [0.1, 0.15) is 6.54 Å². The van der Waals surface area contributed by atoms with E-state index in [0.29, 0.717) is 6.54 Å². The highest BCUT2D eigenvalue weighted by atomic mass is 16.1. The molecule has 0 aliphatic heterocycles. The number of nitrogens with zero attached hydrogens (tertiary/aromatic N) is 4. The van der Waals surface area contributed by atoms with Crippen LogP contribution in [0.3, 0.4) is 0 Å². The Labute approximate surface area is 105 Å². The molecule has 0 aromatic carbocycles. The van der Waals surface area contributed by atoms with Gasteiger partial charge in [0.25, 0.3) is 0 Å². The van der Waals surface area contributed by atoms with Crippen LogP contribution in [0.25, 0.3) is 0 Å². The maximum Gasteiger partial charge on any atom is 0.239 e. The summed E-state index contributed by atoms with van der Waals surface area (Å²) >= 11 is 0. The van der Waals surface area contributed by atoms with E-state index in [9.17, 15) is 4.79 Å². The normalized spacial score (nSPS) is 10.6. The number of aromatic nitrogens is 4. The fraction of sp³-hybridized carbons (Fsp3) is 0.364. The third-order valence-electron chi connectivity index (χ3n) is 2.77. The van der Waals surface area contributed by atoms with E-state index in [1.807, 2.05) is 24.9 Å². The number of primary amides is 1. The topological polar surface area (TPSA) is 90.8 Å². The quantitative estimate of drug-likeness (QED) is 0.780. The van der Waals surface area contributed by atoms with Gasteiger partial charge in [-0.05, 0) is 6.92 Å². The second-order valence-electron chi connectivity index (χ2n) is 4.13. The summed E-state index contributed by atoms with van der Waals surface area (Å²) in [4.78, 5) is 10.7. The number of amides is 1. The standard InChI is InChI=1S/C11H16N6O/c1-8-9(4-14-16(8)2)3-13-10-5-15-17(6-10)7-11(12)18/h4-6,13H,3,7H2,1-2H3,(H2,12,18). The van der Waals surface area contributed by atoms with Crippen LogP contribution in [-0.4, -0.2) is 25.5 Å². The van der Waals surface area contributed by atoms with E-state index in [2.05, 4.69) is 15.5 Å². The maximum absolute atomic E-state index is 10.7. The number of aryl methyl sites for hydroxylation is 1. The minimum Gasteiger partial charge on any atom is -0.378 e. The highest BCUT2D eigenvalue weighted by Crippen LogP contribution is 2.10. The van der Waals surface area contributed by atoms with Gasteiger partial charge in [-0.2, -0.15) is 10.2 Å². The maximum atomic E-state index is 10.7. The lowest BCUT2D eigenvalue weighted by atomic mass is 10.2. The molecule has 2 heterocycles. The first-order valence-electron chi connectivity index (χ1n) is 5.58. The van der Waals surface area contributed by atoms with Gasteiger partial charge in [-0.25, -0.2) is 0 Å². The van der Waals surface area contributed by atoms with Crippen molar-refractivity contribution in [2.24, 2.45) is 12.8 Å². The second kappa shape index (κ2) is 4.91. The van der Waals surface area contributed by atoms with Crippen molar-refractivity contribution in [1.82, 2.24) is 19.6 Å². The molecule has 18 heavy (non-hydrogen) atoms. The minimum atomic E-state index is -0.409. The lowest BCUT2D eigenvalue weighted by Crippen LogP contribution is -2.18. The molecule has 0 saturated carbocycles. The molecule has 0 atom stereocenters. The Morgan fingerprint density at radius 1 is 1.44 bits per heavy atom. The summed E-state index contributed by atoms with van der Waals surface area (Å²) in [5.41, 5.74) is 8.18. The van der Waals surface area contributed by atoms with Gasteiger partial charge >= 0.3 is 0 Å². The molecule has 2 aromatic heterocycles. The third kappa shape index (κ3) is 2.68. The Bertz CT molecular complexity index is 556. The summed E-state index contributed by atoms with van der Waals surface area (Å²) < 4.78 is 3.33. The van der Waals surface area contributed by atoms with Crippen molar-refractivity contribution in [2.45, 2.75) is 20.0 Å². The summed E-state index contributed by atoms with van der Waals surface area (Å²) in [5, 5.41) is 11.4. The van der Waals surface area contributed by atoms with E-state index in [1.165, 1.54) is 4.68 Å². The van der Waals surface area contributed by atoms with Crippen LogP contribution < -0.4 is 11.1 Å². The number of hydrogen-bond donors (Lipinski definition) is 2. The molecule has 2 aromatic rings. The van der Waals surface area contributed by atoms with Gasteiger partial charge in [0.15, 0.2) is 0 Å². The first-order chi connectivity index (χ1) is 8.56. The Kier molecular flexibility index (Phi) is 3.31. The lowest BCUT2D eigenvalue weighted by molar-refractivity contribution is -0.118. The minimum absolute atomic E-state index is 0.0909. The Morgan fingerprint density at radius 3 is 2.83 bits per heavy atom. The molecule has 0 bridgehead atoms. The van der Waals surface area contributed by atoms with Crippen LogP contribution in [0.15, 0.2) is 18.6 Å². The molecule has 2 rings (SSSR count). The van der Waals surface area contributed by atoms with Crippen LogP contribution in [0.1, 0.15) is 11.3 Å². The predicted octanol–water partition coefficient (Wildman–Crippen LogP) is 0.0224. The summed E-state index contributed by atoms with van der Waals surface area (Å²) in [7, 11) is 1.91. The van der Waals surface area contributed by atoms with Crippen LogP contribution in [0.4, 0.5) is 5.69 Å². The average molecular weight is 248 g/mol. The number of anilines is 1. The molecule has 0 radical (unpaired) electrons. The molecule has 0 aliphatic rings. The van der Waals surface area contributed by atoms with Gasteiger partial charge in [-0.1, -0.05) is 0 Å². The van der Waals surface area contributed by atoms with Gasteiger partial charge in [-0.15, -0.1) is 0 Å². The second-order valence-corrected chi connectivity index (χ2v) is 4.13. The Morgan fingerprint density at radius 2 is 2.22 bits per heavy atom. The zero-order chi connectivity index (χ0) is 13.1. The van der Waals surface area contributed by atoms with Gasteiger partial charge in [0.05, 0.1) is 18.1 Å². The molecule has 0 aliphatic carbocycles. The van der Waals surface area contributed by atoms with Crippen molar-refractivity contribution in [3.63, 3.8) is 0 Å². The average Bonchev–Trinajstić information content (AvgIpc) is 2.86. The van der Waals surface area contributed by atoms with E-state index in [4.69, 9.17) is 5.73 Å². The van der Waals surface area contributed by atoms with Crippen molar-refractivity contribution < 1.29 is 4.79 Å². The van der Waals surface area contributed by atoms with Crippen molar-refractivity contribution in [3.05, 3.63) is 29.8 Å². The Balaban J connectivity index is 1.96.